The lowest BCUT2D eigenvalue weighted by Gasteiger charge is -2.28. The molecule has 1 amide bonds. The molecule has 1 N–H and O–H groups in total. The van der Waals surface area contributed by atoms with E-state index in [1.54, 1.807) is 13.0 Å². The Kier molecular flexibility index (Phi) is 5.35. The van der Waals surface area contributed by atoms with Crippen molar-refractivity contribution in [1.82, 2.24) is 0 Å². The standard InChI is InChI=1S/C24H24N2O3S/c1-17(27)26-16-21-14-13-20(22-8-4-5-9-23(22)25-30(2,28)29)15-19(21)12-11-18-7-3-6-10-24(18)26/h3-10,13-15,25H,11-12,16H2,1-2H3. The van der Waals surface area contributed by atoms with Crippen molar-refractivity contribution < 1.29 is 13.2 Å². The van der Waals surface area contributed by atoms with Crippen molar-refractivity contribution in [1.29, 1.82) is 0 Å². The van der Waals surface area contributed by atoms with Gasteiger partial charge in [0.25, 0.3) is 0 Å². The van der Waals surface area contributed by atoms with Crippen LogP contribution in [0.25, 0.3) is 11.1 Å². The quantitative estimate of drug-likeness (QED) is 0.684. The van der Waals surface area contributed by atoms with Crippen molar-refractivity contribution in [2.24, 2.45) is 0 Å². The maximum atomic E-state index is 12.4. The van der Waals surface area contributed by atoms with E-state index in [-0.39, 0.29) is 5.91 Å². The maximum absolute atomic E-state index is 12.4. The molecule has 1 aliphatic heterocycles. The second kappa shape index (κ2) is 7.95. The first-order chi connectivity index (χ1) is 14.3. The highest BCUT2D eigenvalue weighted by molar-refractivity contribution is 7.92. The van der Waals surface area contributed by atoms with Gasteiger partial charge in [-0.1, -0.05) is 54.6 Å². The SMILES string of the molecule is CC(=O)N1Cc2ccc(-c3ccccc3NS(C)(=O)=O)cc2CCc2ccccc21. The summed E-state index contributed by atoms with van der Waals surface area (Å²) in [6.45, 7) is 2.12. The number of hydrogen-bond donors (Lipinski definition) is 1. The van der Waals surface area contributed by atoms with Crippen LogP contribution in [0.4, 0.5) is 11.4 Å². The molecule has 0 spiro atoms. The monoisotopic (exact) mass is 420 g/mol. The van der Waals surface area contributed by atoms with E-state index in [0.717, 1.165) is 47.0 Å². The van der Waals surface area contributed by atoms with Gasteiger partial charge >= 0.3 is 0 Å². The smallest absolute Gasteiger partial charge is 0.229 e. The van der Waals surface area contributed by atoms with Gasteiger partial charge in [0.2, 0.25) is 15.9 Å². The highest BCUT2D eigenvalue weighted by Gasteiger charge is 2.21. The zero-order valence-corrected chi connectivity index (χ0v) is 17.9. The number of nitrogens with zero attached hydrogens (tertiary/aromatic N) is 1. The first-order valence-electron chi connectivity index (χ1n) is 9.87. The van der Waals surface area contributed by atoms with E-state index in [9.17, 15) is 13.2 Å². The van der Waals surface area contributed by atoms with Crippen LogP contribution in [0.15, 0.2) is 66.7 Å². The molecule has 0 aliphatic carbocycles. The van der Waals surface area contributed by atoms with Crippen LogP contribution in [-0.4, -0.2) is 20.6 Å². The summed E-state index contributed by atoms with van der Waals surface area (Å²) < 4.78 is 26.1. The Bertz CT molecular complexity index is 1220. The van der Waals surface area contributed by atoms with Crippen molar-refractivity contribution in [3.05, 3.63) is 83.4 Å². The van der Waals surface area contributed by atoms with Gasteiger partial charge in [0.05, 0.1) is 18.5 Å². The lowest BCUT2D eigenvalue weighted by molar-refractivity contribution is -0.116. The van der Waals surface area contributed by atoms with Gasteiger partial charge in [0.1, 0.15) is 0 Å². The Hall–Kier alpha value is -3.12. The minimum absolute atomic E-state index is 0.0158. The van der Waals surface area contributed by atoms with Crippen LogP contribution in [0.5, 0.6) is 0 Å². The van der Waals surface area contributed by atoms with Crippen molar-refractivity contribution in [2.45, 2.75) is 26.3 Å². The Morgan fingerprint density at radius 2 is 1.60 bits per heavy atom. The fourth-order valence-corrected chi connectivity index (χ4v) is 4.57. The van der Waals surface area contributed by atoms with Crippen LogP contribution >= 0.6 is 0 Å². The molecular formula is C24H24N2O3S. The first kappa shape index (κ1) is 20.2. The van der Waals surface area contributed by atoms with Crippen LogP contribution in [-0.2, 0) is 34.2 Å². The van der Waals surface area contributed by atoms with Crippen LogP contribution < -0.4 is 9.62 Å². The van der Waals surface area contributed by atoms with Gasteiger partial charge in [-0.25, -0.2) is 8.42 Å². The molecule has 0 saturated carbocycles. The Morgan fingerprint density at radius 1 is 0.900 bits per heavy atom. The van der Waals surface area contributed by atoms with E-state index in [4.69, 9.17) is 0 Å². The fourth-order valence-electron chi connectivity index (χ4n) is 4.00. The van der Waals surface area contributed by atoms with Crippen molar-refractivity contribution in [3.8, 4) is 11.1 Å². The molecule has 6 heteroatoms. The number of hydrogen-bond acceptors (Lipinski definition) is 3. The number of para-hydroxylation sites is 2. The lowest BCUT2D eigenvalue weighted by Crippen LogP contribution is -2.30. The Balaban J connectivity index is 1.76. The highest BCUT2D eigenvalue weighted by atomic mass is 32.2. The van der Waals surface area contributed by atoms with E-state index < -0.39 is 10.0 Å². The minimum Gasteiger partial charge on any atom is -0.308 e. The molecule has 0 unspecified atom stereocenters. The second-order valence-electron chi connectivity index (χ2n) is 7.64. The normalized spacial score (nSPS) is 13.6. The van der Waals surface area contributed by atoms with Gasteiger partial charge in [0, 0.05) is 18.2 Å². The molecule has 0 radical (unpaired) electrons. The molecule has 154 valence electrons. The summed E-state index contributed by atoms with van der Waals surface area (Å²) in [4.78, 5) is 14.2. The zero-order chi connectivity index (χ0) is 21.3. The highest BCUT2D eigenvalue weighted by Crippen LogP contribution is 2.33. The number of amides is 1. The van der Waals surface area contributed by atoms with E-state index in [0.29, 0.717) is 12.2 Å². The lowest BCUT2D eigenvalue weighted by atomic mass is 9.92. The summed E-state index contributed by atoms with van der Waals surface area (Å²) >= 11 is 0. The predicted molar refractivity (Wildman–Crippen MR) is 121 cm³/mol. The van der Waals surface area contributed by atoms with Crippen LogP contribution in [0.3, 0.4) is 0 Å². The summed E-state index contributed by atoms with van der Waals surface area (Å²) in [6.07, 6.45) is 2.84. The number of carbonyl (C=O) groups is 1. The first-order valence-corrected chi connectivity index (χ1v) is 11.8. The largest absolute Gasteiger partial charge is 0.308 e. The molecule has 5 nitrogen and oxygen atoms in total. The third kappa shape index (κ3) is 4.24. The van der Waals surface area contributed by atoms with E-state index in [2.05, 4.69) is 16.9 Å². The topological polar surface area (TPSA) is 66.5 Å². The average molecular weight is 421 g/mol. The molecule has 3 aromatic rings. The molecule has 0 atom stereocenters. The number of carbonyl (C=O) groups excluding carboxylic acids is 1. The molecule has 3 aromatic carbocycles. The van der Waals surface area contributed by atoms with Crippen LogP contribution in [0, 0.1) is 0 Å². The minimum atomic E-state index is -3.38. The van der Waals surface area contributed by atoms with Gasteiger partial charge in [0.15, 0.2) is 0 Å². The number of rotatable bonds is 3. The number of nitrogens with one attached hydrogen (secondary N) is 1. The van der Waals surface area contributed by atoms with Crippen LogP contribution in [0.2, 0.25) is 0 Å². The number of benzene rings is 3. The molecule has 0 bridgehead atoms. The van der Waals surface area contributed by atoms with Crippen molar-refractivity contribution in [2.75, 3.05) is 15.9 Å². The number of fused-ring (bicyclic) bond motifs is 2. The third-order valence-corrected chi connectivity index (χ3v) is 5.99. The molecule has 1 heterocycles. The number of anilines is 2. The summed E-state index contributed by atoms with van der Waals surface area (Å²) in [5.41, 5.74) is 6.74. The van der Waals surface area contributed by atoms with Crippen LogP contribution in [0.1, 0.15) is 23.6 Å². The fraction of sp³-hybridized carbons (Fsp3) is 0.208. The Morgan fingerprint density at radius 3 is 2.37 bits per heavy atom. The molecule has 0 saturated heterocycles. The van der Waals surface area contributed by atoms with Gasteiger partial charge < -0.3 is 4.90 Å². The van der Waals surface area contributed by atoms with Gasteiger partial charge in [-0.3, -0.25) is 9.52 Å². The Labute approximate surface area is 177 Å². The third-order valence-electron chi connectivity index (χ3n) is 5.39. The molecule has 0 fully saturated rings. The summed E-state index contributed by atoms with van der Waals surface area (Å²) in [5, 5.41) is 0. The predicted octanol–water partition coefficient (Wildman–Crippen LogP) is 4.38. The molecule has 1 aliphatic rings. The van der Waals surface area contributed by atoms with Crippen molar-refractivity contribution >= 4 is 27.3 Å². The van der Waals surface area contributed by atoms with Gasteiger partial charge in [-0.05, 0) is 47.2 Å². The van der Waals surface area contributed by atoms with E-state index in [1.807, 2.05) is 53.4 Å². The molecule has 30 heavy (non-hydrogen) atoms. The molecule has 4 rings (SSSR count). The maximum Gasteiger partial charge on any atom is 0.229 e. The average Bonchev–Trinajstić information content (AvgIpc) is 2.68. The number of sulfonamides is 1. The zero-order valence-electron chi connectivity index (χ0n) is 17.1. The summed E-state index contributed by atoms with van der Waals surface area (Å²) in [6, 6.07) is 21.6. The summed E-state index contributed by atoms with van der Waals surface area (Å²) in [5.74, 6) is 0.0158. The molecular weight excluding hydrogens is 396 g/mol. The number of aryl methyl sites for hydroxylation is 2. The van der Waals surface area contributed by atoms with E-state index >= 15 is 0 Å². The summed E-state index contributed by atoms with van der Waals surface area (Å²) in [7, 11) is -3.38. The van der Waals surface area contributed by atoms with E-state index in [1.165, 1.54) is 5.56 Å². The van der Waals surface area contributed by atoms with Crippen molar-refractivity contribution in [3.63, 3.8) is 0 Å². The van der Waals surface area contributed by atoms with Gasteiger partial charge in [-0.2, -0.15) is 0 Å². The second-order valence-corrected chi connectivity index (χ2v) is 9.39. The molecule has 0 aromatic heterocycles. The van der Waals surface area contributed by atoms with Gasteiger partial charge in [-0.15, -0.1) is 0 Å².